The number of rotatable bonds is 4. The monoisotopic (exact) mass is 445 g/mol. The van der Waals surface area contributed by atoms with Crippen molar-refractivity contribution in [1.82, 2.24) is 5.32 Å². The molecule has 0 aliphatic heterocycles. The first-order valence-electron chi connectivity index (χ1n) is 10.8. The summed E-state index contributed by atoms with van der Waals surface area (Å²) in [7, 11) is -0.490. The van der Waals surface area contributed by atoms with Gasteiger partial charge in [0.1, 0.15) is 14.1 Å². The topological polar surface area (TPSA) is 55.4 Å². The molecule has 5 heteroatoms. The maximum absolute atomic E-state index is 13.5. The minimum atomic E-state index is -1.82. The molecule has 0 bridgehead atoms. The summed E-state index contributed by atoms with van der Waals surface area (Å²) in [5.74, 6) is 2.38. The Hall–Kier alpha value is -3.10. The van der Waals surface area contributed by atoms with Crippen LogP contribution in [0.3, 0.4) is 0 Å². The van der Waals surface area contributed by atoms with Gasteiger partial charge in [0.2, 0.25) is 0 Å². The van der Waals surface area contributed by atoms with E-state index in [0.29, 0.717) is 5.56 Å². The molecule has 3 aromatic rings. The molecule has 0 unspecified atom stereocenters. The molecule has 3 aromatic carbocycles. The molecule has 0 heterocycles. The molecule has 1 amide bonds. The number of hydrogen-bond donors (Lipinski definition) is 1. The molecule has 0 spiro atoms. The second-order valence-electron chi connectivity index (χ2n) is 9.62. The van der Waals surface area contributed by atoms with E-state index in [-0.39, 0.29) is 17.4 Å². The molecule has 3 rings (SSSR count). The van der Waals surface area contributed by atoms with Gasteiger partial charge >= 0.3 is 5.97 Å². The van der Waals surface area contributed by atoms with Gasteiger partial charge in [-0.25, -0.2) is 4.79 Å². The Balaban J connectivity index is 1.97. The molecule has 4 nitrogen and oxygen atoms in total. The van der Waals surface area contributed by atoms with Gasteiger partial charge in [-0.1, -0.05) is 82.4 Å². The van der Waals surface area contributed by atoms with Crippen LogP contribution in [0.5, 0.6) is 0 Å². The van der Waals surface area contributed by atoms with Gasteiger partial charge in [-0.05, 0) is 32.6 Å². The van der Waals surface area contributed by atoms with Crippen LogP contribution < -0.4 is 5.32 Å². The number of fused-ring (bicyclic) bond motifs is 2. The van der Waals surface area contributed by atoms with Crippen LogP contribution in [0.4, 0.5) is 0 Å². The molecule has 0 saturated heterocycles. The van der Waals surface area contributed by atoms with E-state index in [4.69, 9.17) is 4.74 Å². The van der Waals surface area contributed by atoms with Crippen LogP contribution in [0.1, 0.15) is 37.6 Å². The fourth-order valence-electron chi connectivity index (χ4n) is 3.39. The zero-order valence-corrected chi connectivity index (χ0v) is 20.7. The number of esters is 1. The van der Waals surface area contributed by atoms with Crippen molar-refractivity contribution in [2.24, 2.45) is 0 Å². The van der Waals surface area contributed by atoms with E-state index in [1.807, 2.05) is 48.5 Å². The molecule has 166 valence electrons. The summed E-state index contributed by atoms with van der Waals surface area (Å²) in [6, 6.07) is 16.8. The lowest BCUT2D eigenvalue weighted by atomic mass is 9.96. The quantitative estimate of drug-likeness (QED) is 0.242. The number of methoxy groups -OCH3 is 1. The van der Waals surface area contributed by atoms with Crippen LogP contribution in [0, 0.1) is 11.5 Å². The number of benzene rings is 3. The molecule has 0 aliphatic carbocycles. The molecule has 0 aromatic heterocycles. The summed E-state index contributed by atoms with van der Waals surface area (Å²) in [6.45, 7) is 11.0. The van der Waals surface area contributed by atoms with Crippen molar-refractivity contribution >= 4 is 41.5 Å². The van der Waals surface area contributed by atoms with Crippen molar-refractivity contribution in [1.29, 1.82) is 0 Å². The average Bonchev–Trinajstić information content (AvgIpc) is 2.75. The predicted octanol–water partition coefficient (Wildman–Crippen LogP) is 5.71. The highest BCUT2D eigenvalue weighted by Gasteiger charge is 2.33. The number of carbonyl (C=O) groups is 2. The number of hydrogen-bond acceptors (Lipinski definition) is 3. The van der Waals surface area contributed by atoms with E-state index < -0.39 is 20.1 Å². The Bertz CT molecular complexity index is 1170. The van der Waals surface area contributed by atoms with Gasteiger partial charge < -0.3 is 10.1 Å². The lowest BCUT2D eigenvalue weighted by Crippen LogP contribution is -2.41. The number of carbonyl (C=O) groups excluding carboxylic acids is 2. The smallest absolute Gasteiger partial charge is 0.329 e. The minimum Gasteiger partial charge on any atom is -0.467 e. The van der Waals surface area contributed by atoms with E-state index in [0.717, 1.165) is 21.5 Å². The van der Waals surface area contributed by atoms with Crippen LogP contribution >= 0.6 is 0 Å². The van der Waals surface area contributed by atoms with Crippen molar-refractivity contribution in [2.75, 3.05) is 7.11 Å². The van der Waals surface area contributed by atoms with Crippen molar-refractivity contribution in [3.05, 3.63) is 60.2 Å². The molecule has 0 saturated carbocycles. The summed E-state index contributed by atoms with van der Waals surface area (Å²) in [5.41, 5.74) is 3.97. The maximum Gasteiger partial charge on any atom is 0.329 e. The van der Waals surface area contributed by atoms with E-state index in [9.17, 15) is 9.59 Å². The molecule has 1 N–H and O–H groups in total. The van der Waals surface area contributed by atoms with E-state index >= 15 is 0 Å². The average molecular weight is 446 g/mol. The fourth-order valence-corrected chi connectivity index (χ4v) is 4.30. The predicted molar refractivity (Wildman–Crippen MR) is 134 cm³/mol. The van der Waals surface area contributed by atoms with Crippen LogP contribution in [-0.4, -0.2) is 33.1 Å². The first-order chi connectivity index (χ1) is 15.0. The van der Waals surface area contributed by atoms with Crippen molar-refractivity contribution in [2.45, 2.75) is 51.4 Å². The normalized spacial score (nSPS) is 12.7. The summed E-state index contributed by atoms with van der Waals surface area (Å²) >= 11 is 0. The minimum absolute atomic E-state index is 0.117. The van der Waals surface area contributed by atoms with Gasteiger partial charge in [0.15, 0.2) is 0 Å². The van der Waals surface area contributed by atoms with Crippen molar-refractivity contribution in [3.63, 3.8) is 0 Å². The Morgan fingerprint density at radius 3 is 2.03 bits per heavy atom. The Kier molecular flexibility index (Phi) is 6.76. The molecular formula is C27H31NO3Si. The molecule has 32 heavy (non-hydrogen) atoms. The van der Waals surface area contributed by atoms with Gasteiger partial charge in [0, 0.05) is 6.42 Å². The standard InChI is InChI=1S/C27H31NO3Si/c1-27(2,3)32(5,6)17-11-16-23(26(30)31-4)28-25(29)24-21-14-9-7-12-19(21)18-20-13-8-10-15-22(20)24/h7-10,12-15,18,23H,16H2,1-6H3,(H,28,29)/t23-/m0/s1. The maximum atomic E-state index is 13.5. The summed E-state index contributed by atoms with van der Waals surface area (Å²) in [5, 5.41) is 6.65. The molecule has 0 aliphatic rings. The zero-order valence-electron chi connectivity index (χ0n) is 19.7. The van der Waals surface area contributed by atoms with E-state index in [2.05, 4.69) is 56.7 Å². The van der Waals surface area contributed by atoms with E-state index in [1.54, 1.807) is 0 Å². The van der Waals surface area contributed by atoms with Crippen molar-refractivity contribution < 1.29 is 14.3 Å². The first-order valence-corrected chi connectivity index (χ1v) is 13.8. The lowest BCUT2D eigenvalue weighted by Gasteiger charge is -2.31. The highest BCUT2D eigenvalue weighted by Crippen LogP contribution is 2.35. The summed E-state index contributed by atoms with van der Waals surface area (Å²) in [6.07, 6.45) is 0.216. The van der Waals surface area contributed by atoms with Gasteiger partial charge in [0.05, 0.1) is 12.7 Å². The Labute approximate surface area is 191 Å². The third kappa shape index (κ3) is 4.86. The van der Waals surface area contributed by atoms with Gasteiger partial charge in [-0.2, -0.15) is 0 Å². The van der Waals surface area contributed by atoms with Crippen LogP contribution in [0.15, 0.2) is 54.6 Å². The van der Waals surface area contributed by atoms with E-state index in [1.165, 1.54) is 7.11 Å². The largest absolute Gasteiger partial charge is 0.467 e. The number of amides is 1. The SMILES string of the molecule is COC(=O)[C@H](CC#C[Si](C)(C)C(C)(C)C)NC(=O)c1c2ccccc2cc2ccccc12. The van der Waals surface area contributed by atoms with Gasteiger partial charge in [-0.15, -0.1) is 11.5 Å². The number of nitrogens with one attached hydrogen (secondary N) is 1. The molecular weight excluding hydrogens is 414 g/mol. The highest BCUT2D eigenvalue weighted by atomic mass is 28.3. The Morgan fingerprint density at radius 1 is 1.00 bits per heavy atom. The number of ether oxygens (including phenoxy) is 1. The third-order valence-corrected chi connectivity index (χ3v) is 10.9. The third-order valence-electron chi connectivity index (χ3n) is 6.37. The summed E-state index contributed by atoms with van der Waals surface area (Å²) < 4.78 is 4.96. The first kappa shape index (κ1) is 23.6. The van der Waals surface area contributed by atoms with Crippen LogP contribution in [0.2, 0.25) is 18.1 Å². The second-order valence-corrected chi connectivity index (χ2v) is 14.6. The van der Waals surface area contributed by atoms with Gasteiger partial charge in [0.25, 0.3) is 5.91 Å². The lowest BCUT2D eigenvalue weighted by molar-refractivity contribution is -0.142. The second kappa shape index (κ2) is 9.18. The fraction of sp³-hybridized carbons (Fsp3) is 0.333. The summed E-state index contributed by atoms with van der Waals surface area (Å²) in [4.78, 5) is 25.9. The van der Waals surface area contributed by atoms with Crippen LogP contribution in [0.25, 0.3) is 21.5 Å². The zero-order chi connectivity index (χ0) is 23.5. The molecule has 0 fully saturated rings. The van der Waals surface area contributed by atoms with Crippen LogP contribution in [-0.2, 0) is 9.53 Å². The Morgan fingerprint density at radius 2 is 1.53 bits per heavy atom. The molecule has 1 atom stereocenters. The van der Waals surface area contributed by atoms with Crippen molar-refractivity contribution in [3.8, 4) is 11.5 Å². The van der Waals surface area contributed by atoms with Gasteiger partial charge in [-0.3, -0.25) is 4.79 Å². The highest BCUT2D eigenvalue weighted by molar-refractivity contribution is 6.87. The molecule has 0 radical (unpaired) electrons.